The van der Waals surface area contributed by atoms with E-state index in [9.17, 15) is 9.18 Å². The second-order valence-electron chi connectivity index (χ2n) is 6.82. The van der Waals surface area contributed by atoms with Gasteiger partial charge < -0.3 is 4.42 Å². The lowest BCUT2D eigenvalue weighted by molar-refractivity contribution is 0.0996. The number of hydrogen-bond acceptors (Lipinski definition) is 6. The molecule has 3 aromatic heterocycles. The van der Waals surface area contributed by atoms with E-state index in [-0.39, 0.29) is 11.6 Å². The number of halogens is 1. The fourth-order valence-electron chi connectivity index (χ4n) is 3.05. The summed E-state index contributed by atoms with van der Waals surface area (Å²) in [4.78, 5) is 26.2. The maximum atomic E-state index is 13.3. The van der Waals surface area contributed by atoms with Crippen LogP contribution >= 0.6 is 11.3 Å². The monoisotopic (exact) mass is 422 g/mol. The van der Waals surface area contributed by atoms with Gasteiger partial charge in [0.25, 0.3) is 5.91 Å². The van der Waals surface area contributed by atoms with Crippen molar-refractivity contribution in [3.8, 4) is 22.6 Å². The molecule has 0 radical (unpaired) electrons. The van der Waals surface area contributed by atoms with Crippen LogP contribution in [0.5, 0.6) is 0 Å². The molecular weight excluding hydrogens is 403 g/mol. The van der Waals surface area contributed by atoms with Crippen LogP contribution in [-0.2, 0) is 6.42 Å². The van der Waals surface area contributed by atoms with Gasteiger partial charge in [0.05, 0.1) is 5.69 Å². The van der Waals surface area contributed by atoms with E-state index in [1.807, 2.05) is 32.2 Å². The van der Waals surface area contributed by atoms with Gasteiger partial charge in [-0.1, -0.05) is 13.0 Å². The molecule has 0 saturated carbocycles. The Kier molecular flexibility index (Phi) is 5.41. The van der Waals surface area contributed by atoms with Gasteiger partial charge in [-0.2, -0.15) is 0 Å². The highest BCUT2D eigenvalue weighted by Crippen LogP contribution is 2.29. The maximum Gasteiger partial charge on any atom is 0.295 e. The van der Waals surface area contributed by atoms with Crippen molar-refractivity contribution in [1.29, 1.82) is 0 Å². The summed E-state index contributed by atoms with van der Waals surface area (Å²) in [5, 5.41) is 5.04. The molecular formula is C22H19FN4O2S. The maximum absolute atomic E-state index is 13.3. The lowest BCUT2D eigenvalue weighted by Gasteiger charge is -2.03. The van der Waals surface area contributed by atoms with Crippen molar-refractivity contribution in [3.05, 3.63) is 70.5 Å². The zero-order chi connectivity index (χ0) is 21.3. The predicted molar refractivity (Wildman–Crippen MR) is 114 cm³/mol. The minimum atomic E-state index is -0.462. The quantitative estimate of drug-likeness (QED) is 0.464. The summed E-state index contributed by atoms with van der Waals surface area (Å²) < 4.78 is 18.9. The molecule has 0 aliphatic rings. The first kappa shape index (κ1) is 19.9. The van der Waals surface area contributed by atoms with E-state index in [1.165, 1.54) is 23.5 Å². The molecule has 0 unspecified atom stereocenters. The molecule has 0 saturated heterocycles. The molecule has 0 fully saturated rings. The minimum Gasteiger partial charge on any atom is -0.435 e. The normalized spacial score (nSPS) is 10.9. The van der Waals surface area contributed by atoms with Crippen molar-refractivity contribution >= 4 is 22.4 Å². The van der Waals surface area contributed by atoms with Crippen LogP contribution in [0, 0.1) is 19.7 Å². The van der Waals surface area contributed by atoms with Crippen molar-refractivity contribution in [2.75, 3.05) is 5.32 Å². The summed E-state index contributed by atoms with van der Waals surface area (Å²) in [6.45, 7) is 5.84. The van der Waals surface area contributed by atoms with E-state index in [2.05, 4.69) is 20.3 Å². The summed E-state index contributed by atoms with van der Waals surface area (Å²) in [7, 11) is 0. The highest BCUT2D eigenvalue weighted by Gasteiger charge is 2.22. The van der Waals surface area contributed by atoms with E-state index in [4.69, 9.17) is 4.42 Å². The molecule has 1 amide bonds. The van der Waals surface area contributed by atoms with Gasteiger partial charge in [0.1, 0.15) is 17.2 Å². The van der Waals surface area contributed by atoms with E-state index >= 15 is 0 Å². The van der Waals surface area contributed by atoms with Crippen LogP contribution in [0.4, 0.5) is 9.52 Å². The number of thiazole rings is 1. The first-order valence-electron chi connectivity index (χ1n) is 9.40. The zero-order valence-corrected chi connectivity index (χ0v) is 17.5. The molecule has 30 heavy (non-hydrogen) atoms. The molecule has 3 heterocycles. The number of nitrogens with one attached hydrogen (secondary N) is 1. The van der Waals surface area contributed by atoms with E-state index in [0.29, 0.717) is 34.4 Å². The predicted octanol–water partition coefficient (Wildman–Crippen LogP) is 5.43. The Morgan fingerprint density at radius 1 is 1.17 bits per heavy atom. The van der Waals surface area contributed by atoms with Crippen LogP contribution in [0.2, 0.25) is 0 Å². The Labute approximate surface area is 176 Å². The number of carbonyl (C=O) groups is 1. The third-order valence-corrected chi connectivity index (χ3v) is 5.24. The van der Waals surface area contributed by atoms with Gasteiger partial charge in [-0.15, -0.1) is 11.3 Å². The Morgan fingerprint density at radius 3 is 2.63 bits per heavy atom. The SMILES string of the molecule is CCc1nc(-c2ccc(F)cc2)c(C(=O)Nc2nc(-c3ncc(C)cc3C)cs2)o1. The van der Waals surface area contributed by atoms with Crippen molar-refractivity contribution in [3.63, 3.8) is 0 Å². The number of amides is 1. The van der Waals surface area contributed by atoms with Crippen molar-refractivity contribution in [2.24, 2.45) is 0 Å². The molecule has 1 aromatic carbocycles. The zero-order valence-electron chi connectivity index (χ0n) is 16.7. The van der Waals surface area contributed by atoms with Crippen LogP contribution in [0.3, 0.4) is 0 Å². The van der Waals surface area contributed by atoms with Gasteiger partial charge >= 0.3 is 0 Å². The van der Waals surface area contributed by atoms with Gasteiger partial charge in [0.15, 0.2) is 11.0 Å². The smallest absolute Gasteiger partial charge is 0.295 e. The molecule has 6 nitrogen and oxygen atoms in total. The highest BCUT2D eigenvalue weighted by atomic mass is 32.1. The molecule has 1 N–H and O–H groups in total. The largest absolute Gasteiger partial charge is 0.435 e. The summed E-state index contributed by atoms with van der Waals surface area (Å²) in [5.41, 5.74) is 4.53. The average Bonchev–Trinajstić information content (AvgIpc) is 3.36. The number of aryl methyl sites for hydroxylation is 3. The van der Waals surface area contributed by atoms with E-state index < -0.39 is 5.91 Å². The molecule has 0 aliphatic heterocycles. The Morgan fingerprint density at radius 2 is 1.93 bits per heavy atom. The Hall–Kier alpha value is -3.39. The van der Waals surface area contributed by atoms with Gasteiger partial charge in [-0.3, -0.25) is 15.1 Å². The standard InChI is InChI=1S/C22H19FN4O2S/c1-4-17-26-19(14-5-7-15(23)8-6-14)20(29-17)21(28)27-22-25-16(11-30-22)18-13(3)9-12(2)10-24-18/h5-11H,4H2,1-3H3,(H,25,27,28). The molecule has 0 aliphatic carbocycles. The highest BCUT2D eigenvalue weighted by molar-refractivity contribution is 7.14. The lowest BCUT2D eigenvalue weighted by atomic mass is 10.1. The second-order valence-corrected chi connectivity index (χ2v) is 7.67. The van der Waals surface area contributed by atoms with Crippen molar-refractivity contribution in [2.45, 2.75) is 27.2 Å². The third-order valence-electron chi connectivity index (χ3n) is 4.48. The summed E-state index contributed by atoms with van der Waals surface area (Å²) in [5.74, 6) is -0.325. The number of nitrogens with zero attached hydrogens (tertiary/aromatic N) is 3. The number of carbonyl (C=O) groups excluding carboxylic acids is 1. The van der Waals surface area contributed by atoms with Gasteiger partial charge in [0.2, 0.25) is 5.76 Å². The molecule has 0 bridgehead atoms. The first-order valence-corrected chi connectivity index (χ1v) is 10.3. The Bertz CT molecular complexity index is 1210. The van der Waals surface area contributed by atoms with Crippen LogP contribution in [-0.4, -0.2) is 20.9 Å². The molecule has 4 aromatic rings. The van der Waals surface area contributed by atoms with Gasteiger partial charge in [0, 0.05) is 23.6 Å². The number of aromatic nitrogens is 3. The number of oxazole rings is 1. The fraction of sp³-hybridized carbons (Fsp3) is 0.182. The van der Waals surface area contributed by atoms with Gasteiger partial charge in [-0.05, 0) is 49.2 Å². The summed E-state index contributed by atoms with van der Waals surface area (Å²) >= 11 is 1.30. The van der Waals surface area contributed by atoms with Crippen molar-refractivity contribution < 1.29 is 13.6 Å². The lowest BCUT2D eigenvalue weighted by Crippen LogP contribution is -2.12. The van der Waals surface area contributed by atoms with E-state index in [1.54, 1.807) is 18.3 Å². The minimum absolute atomic E-state index is 0.0693. The molecule has 152 valence electrons. The number of rotatable bonds is 5. The first-order chi connectivity index (χ1) is 14.4. The summed E-state index contributed by atoms with van der Waals surface area (Å²) in [6, 6.07) is 7.81. The van der Waals surface area contributed by atoms with E-state index in [0.717, 1.165) is 16.8 Å². The molecule has 4 rings (SSSR count). The van der Waals surface area contributed by atoms with Crippen LogP contribution in [0.15, 0.2) is 46.3 Å². The number of anilines is 1. The van der Waals surface area contributed by atoms with Crippen LogP contribution in [0.25, 0.3) is 22.6 Å². The number of pyridine rings is 1. The second kappa shape index (κ2) is 8.16. The van der Waals surface area contributed by atoms with Gasteiger partial charge in [-0.25, -0.2) is 14.4 Å². The molecule has 8 heteroatoms. The fourth-order valence-corrected chi connectivity index (χ4v) is 3.74. The van der Waals surface area contributed by atoms with Crippen LogP contribution < -0.4 is 5.32 Å². The molecule has 0 spiro atoms. The average molecular weight is 422 g/mol. The Balaban J connectivity index is 1.61. The number of hydrogen-bond donors (Lipinski definition) is 1. The van der Waals surface area contributed by atoms with Crippen molar-refractivity contribution in [1.82, 2.24) is 15.0 Å². The van der Waals surface area contributed by atoms with Crippen LogP contribution in [0.1, 0.15) is 34.5 Å². The summed E-state index contributed by atoms with van der Waals surface area (Å²) in [6.07, 6.45) is 2.32. The molecule has 0 atom stereocenters. The topological polar surface area (TPSA) is 80.9 Å². The number of benzene rings is 1. The third kappa shape index (κ3) is 3.99.